The van der Waals surface area contributed by atoms with Crippen molar-refractivity contribution < 1.29 is 4.39 Å². The molecule has 0 atom stereocenters. The van der Waals surface area contributed by atoms with Crippen LogP contribution in [0.1, 0.15) is 11.1 Å². The van der Waals surface area contributed by atoms with E-state index in [1.165, 1.54) is 6.07 Å². The van der Waals surface area contributed by atoms with Gasteiger partial charge in [-0.2, -0.15) is 0 Å². The molecule has 0 saturated carbocycles. The van der Waals surface area contributed by atoms with Gasteiger partial charge < -0.3 is 10.6 Å². The molecular formula is C15H14ClFN2S. The van der Waals surface area contributed by atoms with Gasteiger partial charge in [-0.25, -0.2) is 4.39 Å². The van der Waals surface area contributed by atoms with Crippen molar-refractivity contribution >= 4 is 40.3 Å². The first-order chi connectivity index (χ1) is 9.45. The summed E-state index contributed by atoms with van der Waals surface area (Å²) in [6, 6.07) is 10.4. The number of aryl methyl sites for hydroxylation is 2. The lowest BCUT2D eigenvalue weighted by Crippen LogP contribution is -2.19. The third-order valence-corrected chi connectivity index (χ3v) is 3.47. The monoisotopic (exact) mass is 308 g/mol. The summed E-state index contributed by atoms with van der Waals surface area (Å²) >= 11 is 11.2. The van der Waals surface area contributed by atoms with E-state index in [1.807, 2.05) is 19.1 Å². The fraction of sp³-hybridized carbons (Fsp3) is 0.133. The standard InChI is InChI=1S/C15H14ClFN2S/c1-9-3-4-12(8-14(9)17)19-15(20)18-11-5-6-13(16)10(2)7-11/h3-8H,1-2H3,(H2,18,19,20). The number of rotatable bonds is 2. The average Bonchev–Trinajstić information content (AvgIpc) is 2.38. The first-order valence-electron chi connectivity index (χ1n) is 6.06. The molecule has 2 aromatic carbocycles. The molecule has 2 N–H and O–H groups in total. The summed E-state index contributed by atoms with van der Waals surface area (Å²) in [5.41, 5.74) is 3.00. The highest BCUT2D eigenvalue weighted by atomic mass is 35.5. The summed E-state index contributed by atoms with van der Waals surface area (Å²) in [7, 11) is 0. The van der Waals surface area contributed by atoms with Crippen molar-refractivity contribution in [3.8, 4) is 0 Å². The number of thiocarbonyl (C=S) groups is 1. The Morgan fingerprint density at radius 3 is 2.20 bits per heavy atom. The fourth-order valence-electron chi connectivity index (χ4n) is 1.69. The van der Waals surface area contributed by atoms with Crippen molar-refractivity contribution in [2.24, 2.45) is 0 Å². The molecule has 0 bridgehead atoms. The first kappa shape index (κ1) is 14.8. The smallest absolute Gasteiger partial charge is 0.175 e. The van der Waals surface area contributed by atoms with E-state index in [9.17, 15) is 4.39 Å². The molecule has 0 aliphatic rings. The molecule has 104 valence electrons. The van der Waals surface area contributed by atoms with E-state index in [-0.39, 0.29) is 5.82 Å². The summed E-state index contributed by atoms with van der Waals surface area (Å²) in [5.74, 6) is -0.264. The Morgan fingerprint density at radius 1 is 1.00 bits per heavy atom. The number of benzene rings is 2. The number of nitrogens with one attached hydrogen (secondary N) is 2. The van der Waals surface area contributed by atoms with Gasteiger partial charge in [0.25, 0.3) is 0 Å². The number of anilines is 2. The predicted octanol–water partition coefficient (Wildman–Crippen LogP) is 4.90. The van der Waals surface area contributed by atoms with E-state index >= 15 is 0 Å². The maximum absolute atomic E-state index is 13.4. The van der Waals surface area contributed by atoms with Crippen LogP contribution in [-0.2, 0) is 0 Å². The summed E-state index contributed by atoms with van der Waals surface area (Å²) in [4.78, 5) is 0. The van der Waals surface area contributed by atoms with E-state index in [2.05, 4.69) is 10.6 Å². The molecule has 0 saturated heterocycles. The highest BCUT2D eigenvalue weighted by molar-refractivity contribution is 7.80. The van der Waals surface area contributed by atoms with Gasteiger partial charge in [0, 0.05) is 16.4 Å². The van der Waals surface area contributed by atoms with Crippen molar-refractivity contribution in [1.82, 2.24) is 0 Å². The maximum Gasteiger partial charge on any atom is 0.175 e. The zero-order valence-electron chi connectivity index (χ0n) is 11.1. The summed E-state index contributed by atoms with van der Waals surface area (Å²) in [6.07, 6.45) is 0. The van der Waals surface area contributed by atoms with Crippen LogP contribution in [0.2, 0.25) is 5.02 Å². The second-order valence-corrected chi connectivity index (χ2v) is 5.32. The van der Waals surface area contributed by atoms with Gasteiger partial charge in [-0.15, -0.1) is 0 Å². The largest absolute Gasteiger partial charge is 0.332 e. The predicted molar refractivity (Wildman–Crippen MR) is 87.2 cm³/mol. The van der Waals surface area contributed by atoms with E-state index < -0.39 is 0 Å². The minimum atomic E-state index is -0.264. The Hall–Kier alpha value is -1.65. The Morgan fingerprint density at radius 2 is 1.60 bits per heavy atom. The van der Waals surface area contributed by atoms with Gasteiger partial charge in [0.2, 0.25) is 0 Å². The molecule has 2 rings (SSSR count). The lowest BCUT2D eigenvalue weighted by molar-refractivity contribution is 0.619. The molecule has 0 fully saturated rings. The molecule has 5 heteroatoms. The third-order valence-electron chi connectivity index (χ3n) is 2.85. The second kappa shape index (κ2) is 6.20. The molecular weight excluding hydrogens is 295 g/mol. The molecule has 0 aliphatic carbocycles. The van der Waals surface area contributed by atoms with Crippen LogP contribution >= 0.6 is 23.8 Å². The Bertz CT molecular complexity index is 603. The molecule has 0 radical (unpaired) electrons. The van der Waals surface area contributed by atoms with Gasteiger partial charge >= 0.3 is 0 Å². The second-order valence-electron chi connectivity index (χ2n) is 4.51. The van der Waals surface area contributed by atoms with E-state index in [1.54, 1.807) is 25.1 Å². The van der Waals surface area contributed by atoms with Crippen LogP contribution in [0, 0.1) is 19.7 Å². The van der Waals surface area contributed by atoms with Crippen molar-refractivity contribution in [2.45, 2.75) is 13.8 Å². The topological polar surface area (TPSA) is 24.1 Å². The number of hydrogen-bond acceptors (Lipinski definition) is 1. The molecule has 0 amide bonds. The van der Waals surface area contributed by atoms with Crippen molar-refractivity contribution in [3.05, 3.63) is 58.4 Å². The average molecular weight is 309 g/mol. The highest BCUT2D eigenvalue weighted by Gasteiger charge is 2.03. The van der Waals surface area contributed by atoms with Gasteiger partial charge in [-0.05, 0) is 67.5 Å². The molecule has 0 unspecified atom stereocenters. The van der Waals surface area contributed by atoms with Gasteiger partial charge in [0.15, 0.2) is 5.11 Å². The Labute approximate surface area is 128 Å². The van der Waals surface area contributed by atoms with Crippen LogP contribution in [-0.4, -0.2) is 5.11 Å². The zero-order valence-corrected chi connectivity index (χ0v) is 12.7. The van der Waals surface area contributed by atoms with Crippen molar-refractivity contribution in [3.63, 3.8) is 0 Å². The zero-order chi connectivity index (χ0) is 14.7. The van der Waals surface area contributed by atoms with Crippen molar-refractivity contribution in [1.29, 1.82) is 0 Å². The van der Waals surface area contributed by atoms with E-state index in [0.29, 0.717) is 21.4 Å². The summed E-state index contributed by atoms with van der Waals surface area (Å²) in [5, 5.41) is 7.07. The SMILES string of the molecule is Cc1ccc(NC(=S)Nc2ccc(Cl)c(C)c2)cc1F. The van der Waals surface area contributed by atoms with Gasteiger partial charge in [0.05, 0.1) is 0 Å². The molecule has 0 aromatic heterocycles. The lowest BCUT2D eigenvalue weighted by Gasteiger charge is -2.12. The van der Waals surface area contributed by atoms with Crippen LogP contribution in [0.25, 0.3) is 0 Å². The number of halogens is 2. The molecule has 0 heterocycles. The molecule has 2 nitrogen and oxygen atoms in total. The normalized spacial score (nSPS) is 10.2. The number of hydrogen-bond donors (Lipinski definition) is 2. The lowest BCUT2D eigenvalue weighted by atomic mass is 10.2. The quantitative estimate of drug-likeness (QED) is 0.771. The van der Waals surface area contributed by atoms with Gasteiger partial charge in [0.1, 0.15) is 5.82 Å². The molecule has 0 aliphatic heterocycles. The first-order valence-corrected chi connectivity index (χ1v) is 6.84. The molecule has 2 aromatic rings. The van der Waals surface area contributed by atoms with E-state index in [4.69, 9.17) is 23.8 Å². The van der Waals surface area contributed by atoms with Crippen molar-refractivity contribution in [2.75, 3.05) is 10.6 Å². The molecule has 20 heavy (non-hydrogen) atoms. The fourth-order valence-corrected chi connectivity index (χ4v) is 2.04. The third kappa shape index (κ3) is 3.68. The van der Waals surface area contributed by atoms with Crippen LogP contribution in [0.3, 0.4) is 0 Å². The molecule has 0 spiro atoms. The van der Waals surface area contributed by atoms with Crippen LogP contribution in [0.15, 0.2) is 36.4 Å². The van der Waals surface area contributed by atoms with Gasteiger partial charge in [-0.3, -0.25) is 0 Å². The summed E-state index contributed by atoms with van der Waals surface area (Å²) in [6.45, 7) is 3.63. The minimum Gasteiger partial charge on any atom is -0.332 e. The minimum absolute atomic E-state index is 0.264. The Kier molecular flexibility index (Phi) is 4.57. The van der Waals surface area contributed by atoms with Crippen LogP contribution < -0.4 is 10.6 Å². The van der Waals surface area contributed by atoms with Crippen LogP contribution in [0.4, 0.5) is 15.8 Å². The maximum atomic E-state index is 13.4. The summed E-state index contributed by atoms with van der Waals surface area (Å²) < 4.78 is 13.4. The van der Waals surface area contributed by atoms with Gasteiger partial charge in [-0.1, -0.05) is 17.7 Å². The Balaban J connectivity index is 2.04. The van der Waals surface area contributed by atoms with Crippen LogP contribution in [0.5, 0.6) is 0 Å². The highest BCUT2D eigenvalue weighted by Crippen LogP contribution is 2.20. The van der Waals surface area contributed by atoms with E-state index in [0.717, 1.165) is 11.3 Å².